The SMILES string of the molecule is N#Cc1cccc(NC(=O)COC(=O)/C=C/c2cccs2)c1. The third-order valence-corrected chi connectivity index (χ3v) is 3.39. The van der Waals surface area contributed by atoms with E-state index >= 15 is 0 Å². The Morgan fingerprint density at radius 3 is 2.91 bits per heavy atom. The topological polar surface area (TPSA) is 79.2 Å². The fraction of sp³-hybridized carbons (Fsp3) is 0.0625. The average molecular weight is 312 g/mol. The number of amides is 1. The summed E-state index contributed by atoms with van der Waals surface area (Å²) in [6.07, 6.45) is 2.90. The number of carbonyl (C=O) groups is 2. The van der Waals surface area contributed by atoms with E-state index in [1.165, 1.54) is 23.5 Å². The number of nitrogens with one attached hydrogen (secondary N) is 1. The molecule has 110 valence electrons. The first-order valence-corrected chi connectivity index (χ1v) is 7.24. The van der Waals surface area contributed by atoms with Crippen LogP contribution in [0.5, 0.6) is 0 Å². The number of ether oxygens (including phenoxy) is 1. The van der Waals surface area contributed by atoms with Gasteiger partial charge in [0.25, 0.3) is 5.91 Å². The van der Waals surface area contributed by atoms with Crippen LogP contribution in [0.1, 0.15) is 10.4 Å². The summed E-state index contributed by atoms with van der Waals surface area (Å²) in [6, 6.07) is 12.2. The second kappa shape index (κ2) is 7.76. The van der Waals surface area contributed by atoms with Crippen molar-refractivity contribution >= 4 is 35.0 Å². The monoisotopic (exact) mass is 312 g/mol. The molecule has 0 radical (unpaired) electrons. The lowest BCUT2D eigenvalue weighted by Crippen LogP contribution is -2.20. The molecule has 0 spiro atoms. The van der Waals surface area contributed by atoms with Gasteiger partial charge in [-0.1, -0.05) is 12.1 Å². The second-order valence-electron chi connectivity index (χ2n) is 4.20. The zero-order valence-corrected chi connectivity index (χ0v) is 12.3. The minimum Gasteiger partial charge on any atom is -0.452 e. The Morgan fingerprint density at radius 1 is 1.32 bits per heavy atom. The maximum atomic E-state index is 11.7. The van der Waals surface area contributed by atoms with Gasteiger partial charge in [0.15, 0.2) is 6.61 Å². The highest BCUT2D eigenvalue weighted by molar-refractivity contribution is 7.10. The molecule has 22 heavy (non-hydrogen) atoms. The van der Waals surface area contributed by atoms with E-state index in [1.807, 2.05) is 23.6 Å². The van der Waals surface area contributed by atoms with Crippen LogP contribution in [-0.4, -0.2) is 18.5 Å². The molecule has 0 saturated carbocycles. The Labute approximate surface area is 131 Å². The largest absolute Gasteiger partial charge is 0.452 e. The van der Waals surface area contributed by atoms with E-state index < -0.39 is 11.9 Å². The smallest absolute Gasteiger partial charge is 0.331 e. The molecule has 0 aliphatic heterocycles. The number of benzene rings is 1. The molecule has 6 heteroatoms. The summed E-state index contributed by atoms with van der Waals surface area (Å²) in [7, 11) is 0. The minimum atomic E-state index is -0.589. The predicted octanol–water partition coefficient (Wildman–Crippen LogP) is 2.81. The number of anilines is 1. The minimum absolute atomic E-state index is 0.385. The van der Waals surface area contributed by atoms with Crippen molar-refractivity contribution in [2.75, 3.05) is 11.9 Å². The molecule has 1 amide bonds. The fourth-order valence-corrected chi connectivity index (χ4v) is 2.20. The first kappa shape index (κ1) is 15.5. The van der Waals surface area contributed by atoms with Crippen LogP contribution < -0.4 is 5.32 Å². The molecular formula is C16H12N2O3S. The molecule has 0 bridgehead atoms. The van der Waals surface area contributed by atoms with E-state index in [1.54, 1.807) is 24.3 Å². The zero-order chi connectivity index (χ0) is 15.8. The molecule has 1 aromatic heterocycles. The Hall–Kier alpha value is -2.91. The Balaban J connectivity index is 1.80. The number of hydrogen-bond acceptors (Lipinski definition) is 5. The average Bonchev–Trinajstić information content (AvgIpc) is 3.04. The summed E-state index contributed by atoms with van der Waals surface area (Å²) >= 11 is 1.49. The fourth-order valence-electron chi connectivity index (χ4n) is 1.58. The maximum absolute atomic E-state index is 11.7. The van der Waals surface area contributed by atoms with Gasteiger partial charge in [-0.15, -0.1) is 11.3 Å². The van der Waals surface area contributed by atoms with E-state index in [-0.39, 0.29) is 6.61 Å². The van der Waals surface area contributed by atoms with Crippen LogP contribution in [0.3, 0.4) is 0 Å². The number of nitriles is 1. The molecule has 5 nitrogen and oxygen atoms in total. The van der Waals surface area contributed by atoms with E-state index in [0.717, 1.165) is 4.88 Å². The lowest BCUT2D eigenvalue weighted by molar-refractivity contribution is -0.142. The van der Waals surface area contributed by atoms with Crippen molar-refractivity contribution in [3.63, 3.8) is 0 Å². The molecule has 0 aliphatic carbocycles. The molecule has 1 aromatic carbocycles. The maximum Gasteiger partial charge on any atom is 0.331 e. The number of rotatable bonds is 5. The summed E-state index contributed by atoms with van der Waals surface area (Å²) in [6.45, 7) is -0.385. The Kier molecular flexibility index (Phi) is 5.46. The van der Waals surface area contributed by atoms with Crippen molar-refractivity contribution < 1.29 is 14.3 Å². The van der Waals surface area contributed by atoms with Gasteiger partial charge in [-0.05, 0) is 35.7 Å². The van der Waals surface area contributed by atoms with Crippen molar-refractivity contribution in [3.8, 4) is 6.07 Å². The standard InChI is InChI=1S/C16H12N2O3S/c17-10-12-3-1-4-13(9-12)18-15(19)11-21-16(20)7-6-14-5-2-8-22-14/h1-9H,11H2,(H,18,19)/b7-6+. The van der Waals surface area contributed by atoms with E-state index in [0.29, 0.717) is 11.3 Å². The number of thiophene rings is 1. The quantitative estimate of drug-likeness (QED) is 0.680. The van der Waals surface area contributed by atoms with Gasteiger partial charge in [-0.2, -0.15) is 5.26 Å². The third kappa shape index (κ3) is 4.89. The van der Waals surface area contributed by atoms with Crippen molar-refractivity contribution in [3.05, 3.63) is 58.3 Å². The molecule has 0 aliphatic rings. The first-order chi connectivity index (χ1) is 10.7. The highest BCUT2D eigenvalue weighted by atomic mass is 32.1. The van der Waals surface area contributed by atoms with Gasteiger partial charge in [-0.3, -0.25) is 4.79 Å². The molecule has 0 atom stereocenters. The number of nitrogens with zero attached hydrogens (tertiary/aromatic N) is 1. The summed E-state index contributed by atoms with van der Waals surface area (Å²) in [5, 5.41) is 13.2. The van der Waals surface area contributed by atoms with Gasteiger partial charge >= 0.3 is 5.97 Å². The van der Waals surface area contributed by atoms with Crippen molar-refractivity contribution in [1.82, 2.24) is 0 Å². The highest BCUT2D eigenvalue weighted by Gasteiger charge is 2.06. The van der Waals surface area contributed by atoms with E-state index in [2.05, 4.69) is 5.32 Å². The summed E-state index contributed by atoms with van der Waals surface area (Å²) in [5.74, 6) is -1.05. The molecule has 1 heterocycles. The molecule has 0 saturated heterocycles. The van der Waals surface area contributed by atoms with Gasteiger partial charge < -0.3 is 10.1 Å². The van der Waals surface area contributed by atoms with Crippen LogP contribution in [0.15, 0.2) is 47.9 Å². The van der Waals surface area contributed by atoms with E-state index in [9.17, 15) is 9.59 Å². The summed E-state index contributed by atoms with van der Waals surface area (Å²) in [4.78, 5) is 24.0. The van der Waals surface area contributed by atoms with Gasteiger partial charge in [0.05, 0.1) is 11.6 Å². The molecule has 0 fully saturated rings. The molecule has 2 aromatic rings. The number of carbonyl (C=O) groups excluding carboxylic acids is 2. The summed E-state index contributed by atoms with van der Waals surface area (Å²) in [5.41, 5.74) is 0.919. The normalized spacial score (nSPS) is 10.1. The Bertz CT molecular complexity index is 730. The number of esters is 1. The lowest BCUT2D eigenvalue weighted by Gasteiger charge is -2.05. The van der Waals surface area contributed by atoms with Crippen LogP contribution in [0.4, 0.5) is 5.69 Å². The predicted molar refractivity (Wildman–Crippen MR) is 84.1 cm³/mol. The van der Waals surface area contributed by atoms with Gasteiger partial charge in [-0.25, -0.2) is 4.79 Å². The number of hydrogen-bond donors (Lipinski definition) is 1. The van der Waals surface area contributed by atoms with Crippen molar-refractivity contribution in [1.29, 1.82) is 5.26 Å². The first-order valence-electron chi connectivity index (χ1n) is 6.36. The second-order valence-corrected chi connectivity index (χ2v) is 5.18. The molecular weight excluding hydrogens is 300 g/mol. The Morgan fingerprint density at radius 2 is 2.18 bits per heavy atom. The van der Waals surface area contributed by atoms with Crippen LogP contribution in [0.2, 0.25) is 0 Å². The third-order valence-electron chi connectivity index (χ3n) is 2.55. The van der Waals surface area contributed by atoms with Crippen LogP contribution >= 0.6 is 11.3 Å². The summed E-state index contributed by atoms with van der Waals surface area (Å²) < 4.78 is 4.83. The van der Waals surface area contributed by atoms with Crippen LogP contribution in [0, 0.1) is 11.3 Å². The van der Waals surface area contributed by atoms with Gasteiger partial charge in [0.2, 0.25) is 0 Å². The lowest BCUT2D eigenvalue weighted by atomic mass is 10.2. The van der Waals surface area contributed by atoms with Gasteiger partial charge in [0, 0.05) is 16.6 Å². The van der Waals surface area contributed by atoms with Crippen LogP contribution in [0.25, 0.3) is 6.08 Å². The van der Waals surface area contributed by atoms with Crippen molar-refractivity contribution in [2.45, 2.75) is 0 Å². The van der Waals surface area contributed by atoms with E-state index in [4.69, 9.17) is 10.00 Å². The molecule has 0 unspecified atom stereocenters. The molecule has 1 N–H and O–H groups in total. The van der Waals surface area contributed by atoms with Crippen molar-refractivity contribution in [2.24, 2.45) is 0 Å². The molecule has 2 rings (SSSR count). The van der Waals surface area contributed by atoms with Crippen LogP contribution in [-0.2, 0) is 14.3 Å². The highest BCUT2D eigenvalue weighted by Crippen LogP contribution is 2.11. The van der Waals surface area contributed by atoms with Gasteiger partial charge in [0.1, 0.15) is 0 Å². The zero-order valence-electron chi connectivity index (χ0n) is 11.5.